The minimum Gasteiger partial charge on any atom is -0.488 e. The van der Waals surface area contributed by atoms with Gasteiger partial charge in [0.15, 0.2) is 0 Å². The predicted octanol–water partition coefficient (Wildman–Crippen LogP) is 7.61. The third-order valence-corrected chi connectivity index (χ3v) is 5.52. The first-order valence-corrected chi connectivity index (χ1v) is 14.0. The number of aromatic nitrogens is 1. The highest BCUT2D eigenvalue weighted by Crippen LogP contribution is 2.28. The number of rotatable bonds is 8. The summed E-state index contributed by atoms with van der Waals surface area (Å²) in [6.45, 7) is 13.7. The maximum absolute atomic E-state index is 10.6. The Morgan fingerprint density at radius 1 is 1.14 bits per heavy atom. The third-order valence-electron chi connectivity index (χ3n) is 5.52. The molecule has 1 aromatic rings. The van der Waals surface area contributed by atoms with Crippen LogP contribution in [0, 0.1) is 0 Å². The van der Waals surface area contributed by atoms with Gasteiger partial charge >= 0.3 is 0 Å². The molecular weight excluding hydrogens is 436 g/mol. The molecule has 2 N–H and O–H groups in total. The first-order chi connectivity index (χ1) is 16.8. The van der Waals surface area contributed by atoms with Gasteiger partial charge in [-0.15, -0.1) is 0 Å². The van der Waals surface area contributed by atoms with Crippen molar-refractivity contribution in [3.05, 3.63) is 35.7 Å². The number of fused-ring (bicyclic) bond motifs is 1. The van der Waals surface area contributed by atoms with Gasteiger partial charge in [-0.2, -0.15) is 0 Å². The van der Waals surface area contributed by atoms with Crippen LogP contribution in [0.3, 0.4) is 0 Å². The van der Waals surface area contributed by atoms with Gasteiger partial charge < -0.3 is 15.2 Å². The molecule has 5 nitrogen and oxygen atoms in total. The van der Waals surface area contributed by atoms with Crippen LogP contribution in [0.15, 0.2) is 24.4 Å². The van der Waals surface area contributed by atoms with E-state index in [9.17, 15) is 4.79 Å². The number of carbonyl (C=O) groups is 1. The summed E-state index contributed by atoms with van der Waals surface area (Å²) in [5.41, 5.74) is 2.34. The molecule has 1 atom stereocenters. The topological polar surface area (TPSA) is 71.5 Å². The van der Waals surface area contributed by atoms with Crippen molar-refractivity contribution in [3.63, 3.8) is 0 Å². The van der Waals surface area contributed by atoms with Crippen LogP contribution in [-0.2, 0) is 16.0 Å². The highest BCUT2D eigenvalue weighted by molar-refractivity contribution is 5.73. The van der Waals surface area contributed by atoms with E-state index in [0.717, 1.165) is 30.7 Å². The molecule has 202 valence electrons. The summed E-state index contributed by atoms with van der Waals surface area (Å²) in [5, 5.41) is 11.0. The van der Waals surface area contributed by atoms with E-state index in [2.05, 4.69) is 50.1 Å². The van der Waals surface area contributed by atoms with E-state index in [0.29, 0.717) is 12.1 Å². The van der Waals surface area contributed by atoms with Crippen molar-refractivity contribution in [1.29, 1.82) is 0 Å². The second kappa shape index (κ2) is 21.4. The summed E-state index contributed by atoms with van der Waals surface area (Å²) >= 11 is 0. The van der Waals surface area contributed by atoms with Gasteiger partial charge in [0.05, 0.1) is 6.10 Å². The molecule has 0 radical (unpaired) electrons. The molecule has 5 heteroatoms. The van der Waals surface area contributed by atoms with Crippen LogP contribution in [0.1, 0.15) is 130 Å². The second-order valence-corrected chi connectivity index (χ2v) is 9.76. The number of ether oxygens (including phenoxy) is 1. The lowest BCUT2D eigenvalue weighted by atomic mass is 9.95. The van der Waals surface area contributed by atoms with E-state index >= 15 is 0 Å². The van der Waals surface area contributed by atoms with E-state index in [1.165, 1.54) is 63.4 Å². The van der Waals surface area contributed by atoms with Gasteiger partial charge in [-0.05, 0) is 70.1 Å². The van der Waals surface area contributed by atoms with Crippen LogP contribution in [0.2, 0.25) is 0 Å². The van der Waals surface area contributed by atoms with E-state index in [4.69, 9.17) is 9.84 Å². The number of aliphatic hydroxyl groups is 1. The number of aliphatic hydroxyl groups excluding tert-OH is 1. The molecule has 1 amide bonds. The summed E-state index contributed by atoms with van der Waals surface area (Å²) in [5.74, 6) is 1.11. The molecule has 0 bridgehead atoms. The Labute approximate surface area is 216 Å². The van der Waals surface area contributed by atoms with Gasteiger partial charge in [0.1, 0.15) is 11.5 Å². The molecule has 0 aliphatic heterocycles. The van der Waals surface area contributed by atoms with Crippen molar-refractivity contribution in [1.82, 2.24) is 10.3 Å². The molecule has 1 fully saturated rings. The number of hydrogen-bond acceptors (Lipinski definition) is 4. The Morgan fingerprint density at radius 2 is 1.77 bits per heavy atom. The first-order valence-electron chi connectivity index (χ1n) is 14.0. The normalized spacial score (nSPS) is 15.2. The van der Waals surface area contributed by atoms with Crippen molar-refractivity contribution >= 4 is 11.7 Å². The quantitative estimate of drug-likeness (QED) is 0.368. The Bertz CT molecular complexity index is 679. The van der Waals surface area contributed by atoms with Crippen LogP contribution in [-0.4, -0.2) is 34.2 Å². The zero-order valence-electron chi connectivity index (χ0n) is 23.7. The number of unbranched alkanes of at least 4 members (excludes halogenated alkanes) is 2. The van der Waals surface area contributed by atoms with Crippen LogP contribution in [0.5, 0.6) is 0 Å². The highest BCUT2D eigenvalue weighted by Gasteiger charge is 2.19. The maximum Gasteiger partial charge on any atom is 0.217 e. The number of allylic oxidation sites excluding steroid dienone is 1. The van der Waals surface area contributed by atoms with E-state index in [-0.39, 0.29) is 12.0 Å². The minimum atomic E-state index is -0.167. The molecule has 3 rings (SSSR count). The molecule has 1 heterocycles. The van der Waals surface area contributed by atoms with Crippen LogP contribution < -0.4 is 5.32 Å². The van der Waals surface area contributed by atoms with E-state index in [1.54, 1.807) is 20.8 Å². The summed E-state index contributed by atoms with van der Waals surface area (Å²) in [4.78, 5) is 15.0. The smallest absolute Gasteiger partial charge is 0.217 e. The molecule has 1 aromatic heterocycles. The van der Waals surface area contributed by atoms with Gasteiger partial charge in [-0.3, -0.25) is 9.78 Å². The van der Waals surface area contributed by atoms with Crippen molar-refractivity contribution in [2.45, 2.75) is 144 Å². The standard InChI is InChI=1S/C16H23NO.C8H15NO.C3H8O.C3H8/c1-3-5-6-9-14(4-2)18-15-11-10-13-8-7-12-17-16(13)15;1-7(10)9-8-5-3-2-4-6-8;1-3(2)4;1-3-2/h7-8,11-12,14H,3-6,9-10H2,1-2H3;8H,2-6H2,1H3,(H,9,10);3-4H,1-2H3;3H2,1-2H3. The van der Waals surface area contributed by atoms with Gasteiger partial charge in [0.2, 0.25) is 5.91 Å². The fourth-order valence-electron chi connectivity index (χ4n) is 3.91. The number of pyridine rings is 1. The van der Waals surface area contributed by atoms with Gasteiger partial charge in [-0.1, -0.05) is 72.3 Å². The van der Waals surface area contributed by atoms with Crippen LogP contribution in [0.4, 0.5) is 0 Å². The zero-order chi connectivity index (χ0) is 26.5. The number of carbonyl (C=O) groups excluding carboxylic acids is 1. The molecule has 1 saturated carbocycles. The minimum absolute atomic E-state index is 0.118. The van der Waals surface area contributed by atoms with E-state index in [1.807, 2.05) is 12.3 Å². The van der Waals surface area contributed by atoms with Crippen LogP contribution in [0.25, 0.3) is 5.76 Å². The van der Waals surface area contributed by atoms with Gasteiger partial charge in [-0.25, -0.2) is 0 Å². The van der Waals surface area contributed by atoms with Crippen molar-refractivity contribution in [2.24, 2.45) is 0 Å². The second-order valence-electron chi connectivity index (χ2n) is 9.76. The lowest BCUT2D eigenvalue weighted by molar-refractivity contribution is -0.119. The number of amides is 1. The van der Waals surface area contributed by atoms with Gasteiger partial charge in [0, 0.05) is 25.3 Å². The van der Waals surface area contributed by atoms with E-state index < -0.39 is 0 Å². The molecule has 0 aromatic carbocycles. The molecule has 2 aliphatic carbocycles. The molecule has 2 aliphatic rings. The average Bonchev–Trinajstić information content (AvgIpc) is 3.22. The van der Waals surface area contributed by atoms with Crippen molar-refractivity contribution in [2.75, 3.05) is 0 Å². The Kier molecular flexibility index (Phi) is 20.3. The molecular formula is C30H54N2O3. The molecule has 35 heavy (non-hydrogen) atoms. The number of nitrogens with zero attached hydrogens (tertiary/aromatic N) is 1. The van der Waals surface area contributed by atoms with Crippen LogP contribution >= 0.6 is 0 Å². The average molecular weight is 491 g/mol. The zero-order valence-corrected chi connectivity index (χ0v) is 23.7. The maximum atomic E-state index is 10.6. The fraction of sp³-hybridized carbons (Fsp3) is 0.733. The highest BCUT2D eigenvalue weighted by atomic mass is 16.5. The fourth-order valence-corrected chi connectivity index (χ4v) is 3.91. The Hall–Kier alpha value is -1.88. The molecule has 0 saturated heterocycles. The summed E-state index contributed by atoms with van der Waals surface area (Å²) in [7, 11) is 0. The van der Waals surface area contributed by atoms with Crippen molar-refractivity contribution in [3.8, 4) is 0 Å². The predicted molar refractivity (Wildman–Crippen MR) is 149 cm³/mol. The third kappa shape index (κ3) is 17.2. The monoisotopic (exact) mass is 490 g/mol. The SMILES string of the molecule is CC(=O)NC1CCCCC1.CC(C)O.CCC.CCCCCC(CC)OC1=CCc2cccnc21. The van der Waals surface area contributed by atoms with Crippen molar-refractivity contribution < 1.29 is 14.6 Å². The lowest BCUT2D eigenvalue weighted by Crippen LogP contribution is -2.34. The summed E-state index contributed by atoms with van der Waals surface area (Å²) < 4.78 is 6.13. The summed E-state index contributed by atoms with van der Waals surface area (Å²) in [6.07, 6.45) is 18.7. The number of nitrogens with one attached hydrogen (secondary N) is 1. The van der Waals surface area contributed by atoms with Gasteiger partial charge in [0.25, 0.3) is 0 Å². The lowest BCUT2D eigenvalue weighted by Gasteiger charge is -2.21. The first kappa shape index (κ1) is 33.1. The Morgan fingerprint density at radius 3 is 2.31 bits per heavy atom. The molecule has 1 unspecified atom stereocenters. The summed E-state index contributed by atoms with van der Waals surface area (Å²) in [6, 6.07) is 4.60. The molecule has 0 spiro atoms. The largest absolute Gasteiger partial charge is 0.488 e. The Balaban J connectivity index is 0.000000570. The number of hydrogen-bond donors (Lipinski definition) is 2.